The molecular weight excluding hydrogens is 639 g/mol. The fraction of sp³-hybridized carbons (Fsp3) is 0.394. The van der Waals surface area contributed by atoms with Crippen LogP contribution in [-0.4, -0.2) is 59.9 Å². The van der Waals surface area contributed by atoms with Crippen molar-refractivity contribution in [3.8, 4) is 0 Å². The number of nitrogens with one attached hydrogen (secondary N) is 2. The number of halogens is 4. The van der Waals surface area contributed by atoms with E-state index in [-0.39, 0.29) is 11.5 Å². The van der Waals surface area contributed by atoms with E-state index in [2.05, 4.69) is 34.6 Å². The zero-order chi connectivity index (χ0) is 33.4. The van der Waals surface area contributed by atoms with Crippen molar-refractivity contribution in [2.75, 3.05) is 31.5 Å². The number of anilines is 1. The van der Waals surface area contributed by atoms with Crippen LogP contribution in [0.25, 0.3) is 0 Å². The molecule has 0 radical (unpaired) electrons. The van der Waals surface area contributed by atoms with Crippen molar-refractivity contribution in [3.63, 3.8) is 0 Å². The van der Waals surface area contributed by atoms with Crippen LogP contribution in [0.2, 0.25) is 5.02 Å². The summed E-state index contributed by atoms with van der Waals surface area (Å²) < 4.78 is 39.7. The summed E-state index contributed by atoms with van der Waals surface area (Å²) >= 11 is 7.03. The van der Waals surface area contributed by atoms with Gasteiger partial charge in [0.05, 0.1) is 22.4 Å². The molecule has 0 saturated carbocycles. The number of carbonyl (C=O) groups is 3. The lowest BCUT2D eigenvalue weighted by molar-refractivity contribution is -0.137. The van der Waals surface area contributed by atoms with Crippen molar-refractivity contribution in [2.45, 2.75) is 59.2 Å². The molecule has 246 valence electrons. The Bertz CT molecular complexity index is 1600. The molecule has 0 saturated heterocycles. The van der Waals surface area contributed by atoms with Crippen molar-refractivity contribution >= 4 is 51.9 Å². The number of carbonyl (C=O) groups excluding carboxylic acids is 3. The highest BCUT2D eigenvalue weighted by atomic mass is 35.5. The molecule has 2 N–H and O–H groups in total. The number of nitrogens with zero attached hydrogens (tertiary/aromatic N) is 3. The van der Waals surface area contributed by atoms with Crippen molar-refractivity contribution in [2.24, 2.45) is 5.10 Å². The Morgan fingerprint density at radius 2 is 1.76 bits per heavy atom. The molecular formula is C33H37ClF3N5O3S. The standard InChI is InChI=1S/C33H37ClF3N5O3S/c1-4-41(5-2)15-16-42(21(3)43)20-23-9-8-10-24(17-23)30(44)39-32-29(25-11-6-7-12-28(25)46-32)31(45)40-38-19-22-13-14-27(34)26(18-22)33(35,36)37/h8-10,13-14,17-19H,4-7,11-12,15-16,20H2,1-3H3,(H,39,44)(H,40,45). The molecule has 0 bridgehead atoms. The normalized spacial score (nSPS) is 13.1. The second-order valence-electron chi connectivity index (χ2n) is 11.0. The van der Waals surface area contributed by atoms with E-state index in [0.29, 0.717) is 35.6 Å². The molecule has 8 nitrogen and oxygen atoms in total. The van der Waals surface area contributed by atoms with Gasteiger partial charge in [-0.2, -0.15) is 18.3 Å². The minimum Gasteiger partial charge on any atom is -0.337 e. The first-order valence-corrected chi connectivity index (χ1v) is 16.3. The van der Waals surface area contributed by atoms with Crippen LogP contribution in [0, 0.1) is 0 Å². The van der Waals surface area contributed by atoms with Gasteiger partial charge in [-0.25, -0.2) is 5.43 Å². The number of hydrogen-bond donors (Lipinski definition) is 2. The molecule has 4 rings (SSSR count). The maximum Gasteiger partial charge on any atom is 0.417 e. The van der Waals surface area contributed by atoms with E-state index in [0.717, 1.165) is 73.2 Å². The van der Waals surface area contributed by atoms with Gasteiger partial charge in [0.25, 0.3) is 11.8 Å². The maximum atomic E-state index is 13.5. The molecule has 1 aromatic heterocycles. The van der Waals surface area contributed by atoms with E-state index in [1.54, 1.807) is 23.1 Å². The van der Waals surface area contributed by atoms with Gasteiger partial charge in [0.15, 0.2) is 0 Å². The van der Waals surface area contributed by atoms with E-state index in [4.69, 9.17) is 11.6 Å². The summed E-state index contributed by atoms with van der Waals surface area (Å²) in [5.74, 6) is -1.03. The molecule has 0 spiro atoms. The smallest absolute Gasteiger partial charge is 0.337 e. The lowest BCUT2D eigenvalue weighted by Crippen LogP contribution is -2.37. The molecule has 1 aliphatic rings. The number of hydrazone groups is 1. The van der Waals surface area contributed by atoms with Crippen molar-refractivity contribution in [3.05, 3.63) is 85.7 Å². The topological polar surface area (TPSA) is 94.1 Å². The third-order valence-electron chi connectivity index (χ3n) is 7.89. The van der Waals surface area contributed by atoms with Crippen LogP contribution >= 0.6 is 22.9 Å². The van der Waals surface area contributed by atoms with E-state index in [1.165, 1.54) is 24.3 Å². The molecule has 0 unspecified atom stereocenters. The van der Waals surface area contributed by atoms with Crippen molar-refractivity contribution < 1.29 is 27.6 Å². The first-order chi connectivity index (χ1) is 21.9. The molecule has 3 amide bonds. The van der Waals surface area contributed by atoms with Crippen LogP contribution in [0.1, 0.15) is 81.5 Å². The number of aryl methyl sites for hydroxylation is 1. The summed E-state index contributed by atoms with van der Waals surface area (Å²) in [4.78, 5) is 44.2. The number of likely N-dealkylation sites (N-methyl/N-ethyl adjacent to an activating group) is 1. The first-order valence-electron chi connectivity index (χ1n) is 15.1. The Balaban J connectivity index is 1.50. The summed E-state index contributed by atoms with van der Waals surface area (Å²) in [6, 6.07) is 10.4. The number of alkyl halides is 3. The van der Waals surface area contributed by atoms with Crippen molar-refractivity contribution in [1.29, 1.82) is 0 Å². The molecule has 2 aromatic carbocycles. The van der Waals surface area contributed by atoms with Crippen LogP contribution in [0.5, 0.6) is 0 Å². The first kappa shape index (κ1) is 35.1. The van der Waals surface area contributed by atoms with Gasteiger partial charge in [0.1, 0.15) is 5.00 Å². The number of fused-ring (bicyclic) bond motifs is 1. The second-order valence-corrected chi connectivity index (χ2v) is 12.5. The number of amides is 3. The predicted octanol–water partition coefficient (Wildman–Crippen LogP) is 7.01. The second kappa shape index (κ2) is 15.7. The third-order valence-corrected chi connectivity index (χ3v) is 9.43. The maximum absolute atomic E-state index is 13.5. The minimum atomic E-state index is -4.63. The average molecular weight is 676 g/mol. The van der Waals surface area contributed by atoms with Gasteiger partial charge in [-0.15, -0.1) is 11.3 Å². The lowest BCUT2D eigenvalue weighted by Gasteiger charge is -2.25. The zero-order valence-corrected chi connectivity index (χ0v) is 27.5. The third kappa shape index (κ3) is 8.95. The predicted molar refractivity (Wildman–Crippen MR) is 176 cm³/mol. The summed E-state index contributed by atoms with van der Waals surface area (Å²) in [5, 5.41) is 6.74. The van der Waals surface area contributed by atoms with Gasteiger partial charge >= 0.3 is 6.18 Å². The van der Waals surface area contributed by atoms with Crippen LogP contribution < -0.4 is 10.7 Å². The van der Waals surface area contributed by atoms with Crippen molar-refractivity contribution in [1.82, 2.24) is 15.2 Å². The Hall–Kier alpha value is -3.74. The summed E-state index contributed by atoms with van der Waals surface area (Å²) in [5.41, 5.74) is 3.83. The van der Waals surface area contributed by atoms with Gasteiger partial charge in [-0.1, -0.05) is 43.6 Å². The monoisotopic (exact) mass is 675 g/mol. The number of rotatable bonds is 12. The van der Waals surface area contributed by atoms with Gasteiger partial charge in [-0.05, 0) is 79.7 Å². The largest absolute Gasteiger partial charge is 0.417 e. The summed E-state index contributed by atoms with van der Waals surface area (Å²) in [7, 11) is 0. The molecule has 0 atom stereocenters. The van der Waals surface area contributed by atoms with Gasteiger partial charge in [-0.3, -0.25) is 14.4 Å². The Kier molecular flexibility index (Phi) is 12.0. The Morgan fingerprint density at radius 1 is 1.02 bits per heavy atom. The van der Waals surface area contributed by atoms with E-state index in [1.807, 2.05) is 6.07 Å². The fourth-order valence-electron chi connectivity index (χ4n) is 5.31. The average Bonchev–Trinajstić information content (AvgIpc) is 3.39. The Morgan fingerprint density at radius 3 is 2.46 bits per heavy atom. The van der Waals surface area contributed by atoms with E-state index < -0.39 is 28.6 Å². The highest BCUT2D eigenvalue weighted by Crippen LogP contribution is 2.38. The molecule has 3 aromatic rings. The van der Waals surface area contributed by atoms with Gasteiger partial charge in [0, 0.05) is 37.0 Å². The molecule has 1 heterocycles. The van der Waals surface area contributed by atoms with Crippen LogP contribution in [0.15, 0.2) is 47.6 Å². The molecule has 0 aliphatic heterocycles. The zero-order valence-electron chi connectivity index (χ0n) is 26.0. The lowest BCUT2D eigenvalue weighted by atomic mass is 9.95. The minimum absolute atomic E-state index is 0.0543. The van der Waals surface area contributed by atoms with Gasteiger partial charge in [0.2, 0.25) is 5.91 Å². The quantitative estimate of drug-likeness (QED) is 0.160. The van der Waals surface area contributed by atoms with E-state index in [9.17, 15) is 27.6 Å². The summed E-state index contributed by atoms with van der Waals surface area (Å²) in [6.45, 7) is 9.14. The Labute approximate surface area is 275 Å². The summed E-state index contributed by atoms with van der Waals surface area (Å²) in [6.07, 6.45) is -0.253. The highest BCUT2D eigenvalue weighted by molar-refractivity contribution is 7.17. The molecule has 0 fully saturated rings. The number of benzene rings is 2. The van der Waals surface area contributed by atoms with Crippen LogP contribution in [0.3, 0.4) is 0 Å². The number of thiophene rings is 1. The fourth-order valence-corrected chi connectivity index (χ4v) is 6.82. The van der Waals surface area contributed by atoms with Crippen LogP contribution in [0.4, 0.5) is 18.2 Å². The van der Waals surface area contributed by atoms with Gasteiger partial charge < -0.3 is 15.1 Å². The molecule has 46 heavy (non-hydrogen) atoms. The highest BCUT2D eigenvalue weighted by Gasteiger charge is 2.33. The SMILES string of the molecule is CCN(CC)CCN(Cc1cccc(C(=O)Nc2sc3c(c2C(=O)NN=Cc2ccc(Cl)c(C(F)(F)F)c2)CCCC3)c1)C(C)=O. The molecule has 1 aliphatic carbocycles. The van der Waals surface area contributed by atoms with Crippen LogP contribution in [-0.2, 0) is 30.4 Å². The molecule has 13 heteroatoms. The van der Waals surface area contributed by atoms with E-state index >= 15 is 0 Å². The number of hydrogen-bond acceptors (Lipinski definition) is 6.